The highest BCUT2D eigenvalue weighted by Gasteiger charge is 2.15. The highest BCUT2D eigenvalue weighted by Crippen LogP contribution is 2.20. The fraction of sp³-hybridized carbons (Fsp3) is 0.500. The van der Waals surface area contributed by atoms with Crippen LogP contribution in [0.25, 0.3) is 11.0 Å². The van der Waals surface area contributed by atoms with Crippen LogP contribution in [0.2, 0.25) is 0 Å². The van der Waals surface area contributed by atoms with E-state index in [1.807, 2.05) is 32.0 Å². The molecule has 0 unspecified atom stereocenters. The molecule has 0 bridgehead atoms. The molecule has 1 aromatic carbocycles. The van der Waals surface area contributed by atoms with Crippen molar-refractivity contribution in [2.45, 2.75) is 59.0 Å². The van der Waals surface area contributed by atoms with Gasteiger partial charge in [-0.25, -0.2) is 4.79 Å². The largest absolute Gasteiger partial charge is 0.329 e. The molecule has 1 N–H and O–H groups in total. The number of rotatable bonds is 4. The third-order valence-electron chi connectivity index (χ3n) is 4.61. The first kappa shape index (κ1) is 16.5. The van der Waals surface area contributed by atoms with Crippen LogP contribution in [0.4, 0.5) is 5.69 Å². The van der Waals surface area contributed by atoms with E-state index in [9.17, 15) is 9.59 Å². The monoisotopic (exact) mass is 328 g/mol. The van der Waals surface area contributed by atoms with E-state index in [0.717, 1.165) is 42.4 Å². The fourth-order valence-corrected chi connectivity index (χ4v) is 3.29. The molecule has 0 radical (unpaired) electrons. The van der Waals surface area contributed by atoms with Gasteiger partial charge in [-0.3, -0.25) is 19.4 Å². The number of hydrazone groups is 1. The summed E-state index contributed by atoms with van der Waals surface area (Å²) in [5, 5.41) is 4.33. The quantitative estimate of drug-likeness (QED) is 0.692. The number of carbonyl (C=O) groups is 1. The van der Waals surface area contributed by atoms with Crippen molar-refractivity contribution in [3.63, 3.8) is 0 Å². The lowest BCUT2D eigenvalue weighted by Crippen LogP contribution is -2.23. The number of benzene rings is 1. The van der Waals surface area contributed by atoms with E-state index in [1.54, 1.807) is 9.13 Å². The highest BCUT2D eigenvalue weighted by atomic mass is 16.1. The fourth-order valence-electron chi connectivity index (χ4n) is 3.29. The molecule has 1 aliphatic rings. The summed E-state index contributed by atoms with van der Waals surface area (Å²) in [6.07, 6.45) is 4.38. The smallest absolute Gasteiger partial charge is 0.293 e. The van der Waals surface area contributed by atoms with Crippen LogP contribution < -0.4 is 11.1 Å². The maximum absolute atomic E-state index is 12.4. The molecule has 1 aliphatic carbocycles. The molecule has 2 aromatic rings. The van der Waals surface area contributed by atoms with Crippen LogP contribution in [0, 0.1) is 0 Å². The number of aromatic nitrogens is 2. The van der Waals surface area contributed by atoms with Gasteiger partial charge in [0, 0.05) is 19.5 Å². The van der Waals surface area contributed by atoms with Crippen LogP contribution in [0.5, 0.6) is 0 Å². The van der Waals surface area contributed by atoms with Crippen LogP contribution in [0.15, 0.2) is 28.1 Å². The zero-order chi connectivity index (χ0) is 17.1. The molecular formula is C18H24N4O2. The molecule has 6 nitrogen and oxygen atoms in total. The van der Waals surface area contributed by atoms with Crippen molar-refractivity contribution >= 4 is 28.2 Å². The van der Waals surface area contributed by atoms with E-state index < -0.39 is 0 Å². The number of nitrogens with zero attached hydrogens (tertiary/aromatic N) is 3. The number of imidazole rings is 1. The first-order valence-corrected chi connectivity index (χ1v) is 8.74. The van der Waals surface area contributed by atoms with Crippen LogP contribution in [0.3, 0.4) is 0 Å². The van der Waals surface area contributed by atoms with Gasteiger partial charge in [0.2, 0.25) is 0 Å². The Balaban J connectivity index is 1.93. The van der Waals surface area contributed by atoms with Crippen molar-refractivity contribution < 1.29 is 4.79 Å². The predicted octanol–water partition coefficient (Wildman–Crippen LogP) is 3.14. The molecule has 128 valence electrons. The molecule has 24 heavy (non-hydrogen) atoms. The van der Waals surface area contributed by atoms with Gasteiger partial charge in [-0.05, 0) is 51.3 Å². The van der Waals surface area contributed by atoms with Crippen molar-refractivity contribution in [2.75, 3.05) is 5.43 Å². The molecule has 3 rings (SSSR count). The minimum absolute atomic E-state index is 0.0115. The molecule has 0 atom stereocenters. The highest BCUT2D eigenvalue weighted by molar-refractivity contribution is 6.40. The SMILES string of the molecule is CCn1c(=O)n(CC)c2cc(N/N=C3\CCCCCC3=O)ccc21. The molecule has 0 spiro atoms. The Morgan fingerprint density at radius 2 is 1.71 bits per heavy atom. The van der Waals surface area contributed by atoms with Gasteiger partial charge in [-0.1, -0.05) is 6.42 Å². The van der Waals surface area contributed by atoms with Gasteiger partial charge >= 0.3 is 5.69 Å². The normalized spacial score (nSPS) is 17.4. The van der Waals surface area contributed by atoms with Crippen molar-refractivity contribution in [3.05, 3.63) is 28.7 Å². The second-order valence-electron chi connectivity index (χ2n) is 6.13. The maximum atomic E-state index is 12.4. The summed E-state index contributed by atoms with van der Waals surface area (Å²) in [6, 6.07) is 5.76. The Hall–Kier alpha value is -2.37. The molecule has 0 saturated heterocycles. The number of Topliss-reactive ketones (excluding diaryl/α,β-unsaturated/α-hetero) is 1. The van der Waals surface area contributed by atoms with E-state index in [-0.39, 0.29) is 11.5 Å². The van der Waals surface area contributed by atoms with Crippen LogP contribution in [0.1, 0.15) is 46.0 Å². The topological polar surface area (TPSA) is 68.4 Å². The van der Waals surface area contributed by atoms with Crippen molar-refractivity contribution in [3.8, 4) is 0 Å². The maximum Gasteiger partial charge on any atom is 0.329 e. The van der Waals surface area contributed by atoms with E-state index in [0.29, 0.717) is 25.2 Å². The summed E-state index contributed by atoms with van der Waals surface area (Å²) in [7, 11) is 0. The van der Waals surface area contributed by atoms with Gasteiger partial charge in [0.25, 0.3) is 0 Å². The second kappa shape index (κ2) is 7.03. The summed E-state index contributed by atoms with van der Waals surface area (Å²) in [5.41, 5.74) is 6.26. The number of hydrogen-bond acceptors (Lipinski definition) is 4. The lowest BCUT2D eigenvalue weighted by atomic mass is 10.1. The Kier molecular flexibility index (Phi) is 4.83. The average Bonchev–Trinajstić information content (AvgIpc) is 2.70. The second-order valence-corrected chi connectivity index (χ2v) is 6.13. The van der Waals surface area contributed by atoms with Crippen molar-refractivity contribution in [2.24, 2.45) is 5.10 Å². The van der Waals surface area contributed by atoms with Gasteiger partial charge in [-0.2, -0.15) is 5.10 Å². The number of carbonyl (C=O) groups excluding carboxylic acids is 1. The van der Waals surface area contributed by atoms with E-state index in [2.05, 4.69) is 10.5 Å². The van der Waals surface area contributed by atoms with Gasteiger partial charge in [-0.15, -0.1) is 0 Å². The zero-order valence-electron chi connectivity index (χ0n) is 14.3. The molecule has 1 aromatic heterocycles. The number of anilines is 1. The third kappa shape index (κ3) is 3.00. The standard InChI is InChI=1S/C18H24N4O2/c1-3-21-15-11-10-13(12-16(15)22(4-2)18(21)24)19-20-14-8-6-5-7-9-17(14)23/h10-12,19H,3-9H2,1-2H3/b20-14+. The third-order valence-corrected chi connectivity index (χ3v) is 4.61. The van der Waals surface area contributed by atoms with Crippen molar-refractivity contribution in [1.82, 2.24) is 9.13 Å². The van der Waals surface area contributed by atoms with Crippen LogP contribution >= 0.6 is 0 Å². The van der Waals surface area contributed by atoms with Crippen LogP contribution in [-0.2, 0) is 17.9 Å². The zero-order valence-corrected chi connectivity index (χ0v) is 14.3. The van der Waals surface area contributed by atoms with Gasteiger partial charge in [0.05, 0.1) is 16.7 Å². The van der Waals surface area contributed by atoms with Gasteiger partial charge in [0.1, 0.15) is 5.71 Å². The number of hydrogen-bond donors (Lipinski definition) is 1. The van der Waals surface area contributed by atoms with Gasteiger partial charge < -0.3 is 0 Å². The minimum Gasteiger partial charge on any atom is -0.293 e. The molecule has 1 saturated carbocycles. The lowest BCUT2D eigenvalue weighted by molar-refractivity contribution is -0.113. The predicted molar refractivity (Wildman–Crippen MR) is 96.7 cm³/mol. The molecule has 1 fully saturated rings. The summed E-state index contributed by atoms with van der Waals surface area (Å²) in [5.74, 6) is 0.142. The van der Waals surface area contributed by atoms with E-state index in [1.165, 1.54) is 0 Å². The average molecular weight is 328 g/mol. The summed E-state index contributed by atoms with van der Waals surface area (Å²) >= 11 is 0. The van der Waals surface area contributed by atoms with Gasteiger partial charge in [0.15, 0.2) is 5.78 Å². The molecule has 0 aliphatic heterocycles. The van der Waals surface area contributed by atoms with E-state index in [4.69, 9.17) is 0 Å². The first-order chi connectivity index (χ1) is 11.7. The number of fused-ring (bicyclic) bond motifs is 1. The Morgan fingerprint density at radius 3 is 2.46 bits per heavy atom. The molecule has 1 heterocycles. The summed E-state index contributed by atoms with van der Waals surface area (Å²) < 4.78 is 3.53. The lowest BCUT2D eigenvalue weighted by Gasteiger charge is -2.05. The number of ketones is 1. The number of aryl methyl sites for hydroxylation is 2. The van der Waals surface area contributed by atoms with E-state index >= 15 is 0 Å². The molecule has 0 amide bonds. The first-order valence-electron chi connectivity index (χ1n) is 8.74. The molecular weight excluding hydrogens is 304 g/mol. The summed E-state index contributed by atoms with van der Waals surface area (Å²) in [4.78, 5) is 24.4. The Bertz CT molecular complexity index is 845. The Morgan fingerprint density at radius 1 is 1.00 bits per heavy atom. The number of nitrogens with one attached hydrogen (secondary N) is 1. The summed E-state index contributed by atoms with van der Waals surface area (Å²) in [6.45, 7) is 5.20. The van der Waals surface area contributed by atoms with Crippen molar-refractivity contribution in [1.29, 1.82) is 0 Å². The van der Waals surface area contributed by atoms with Crippen LogP contribution in [-0.4, -0.2) is 20.6 Å². The Labute approximate surface area is 141 Å². The minimum atomic E-state index is 0.0115. The molecule has 6 heteroatoms.